The molecule has 0 spiro atoms. The number of ether oxygens (including phenoxy) is 1. The number of nitrogens with zero attached hydrogens (tertiary/aromatic N) is 5. The van der Waals surface area contributed by atoms with Crippen LogP contribution in [0, 0.1) is 43.9 Å². The SMILES string of the molecule is COc1cc(C=C[C@H]2C3=CC[C@@H]4C(=O)N(c5cc([N+](=O)[O-])c(N(C)C)c([N+](=O)[O-])c5)C(=O)[C@@H]4[C@@H]3C[C@@]3(Cl)C(=O)N(C)C(=O)[C@@]23Cl)ccc1O. The van der Waals surface area contributed by atoms with Crippen LogP contribution >= 0.6 is 23.2 Å². The zero-order chi connectivity index (χ0) is 35.9. The number of benzene rings is 2. The molecule has 2 aromatic rings. The summed E-state index contributed by atoms with van der Waals surface area (Å²) in [6, 6.07) is 6.42. The van der Waals surface area contributed by atoms with E-state index in [1.165, 1.54) is 45.3 Å². The molecule has 17 heteroatoms. The van der Waals surface area contributed by atoms with Crippen molar-refractivity contribution in [2.45, 2.75) is 22.6 Å². The quantitative estimate of drug-likeness (QED) is 0.143. The van der Waals surface area contributed by atoms with Crippen molar-refractivity contribution < 1.29 is 38.9 Å². The largest absolute Gasteiger partial charge is 0.504 e. The Morgan fingerprint density at radius 3 is 2.20 bits per heavy atom. The fraction of sp³-hybridized carbons (Fsp3) is 0.375. The average Bonchev–Trinajstić information content (AvgIpc) is 3.38. The zero-order valence-electron chi connectivity index (χ0n) is 26.5. The van der Waals surface area contributed by atoms with E-state index in [0.29, 0.717) is 11.1 Å². The molecule has 2 saturated heterocycles. The molecule has 2 aromatic carbocycles. The second-order valence-corrected chi connectivity index (χ2v) is 13.8. The lowest BCUT2D eigenvalue weighted by molar-refractivity contribution is -0.392. The molecule has 0 radical (unpaired) electrons. The molecule has 0 bridgehead atoms. The van der Waals surface area contributed by atoms with Crippen LogP contribution in [0.3, 0.4) is 0 Å². The smallest absolute Gasteiger partial charge is 0.301 e. The molecule has 49 heavy (non-hydrogen) atoms. The maximum atomic E-state index is 14.3. The highest BCUT2D eigenvalue weighted by molar-refractivity contribution is 6.53. The van der Waals surface area contributed by atoms with Gasteiger partial charge in [-0.05, 0) is 36.5 Å². The van der Waals surface area contributed by atoms with E-state index in [2.05, 4.69) is 0 Å². The summed E-state index contributed by atoms with van der Waals surface area (Å²) >= 11 is 14.2. The summed E-state index contributed by atoms with van der Waals surface area (Å²) in [4.78, 5) is 76.6. The molecule has 256 valence electrons. The van der Waals surface area contributed by atoms with E-state index in [1.807, 2.05) is 0 Å². The number of methoxy groups -OCH3 is 1. The van der Waals surface area contributed by atoms with Gasteiger partial charge in [0.1, 0.15) is 0 Å². The number of carbonyl (C=O) groups is 4. The Morgan fingerprint density at radius 2 is 1.63 bits per heavy atom. The van der Waals surface area contributed by atoms with Gasteiger partial charge < -0.3 is 14.7 Å². The lowest BCUT2D eigenvalue weighted by Crippen LogP contribution is -2.60. The number of nitro benzene ring substituents is 2. The number of nitro groups is 2. The average molecular weight is 715 g/mol. The number of aromatic hydroxyl groups is 1. The third kappa shape index (κ3) is 4.70. The summed E-state index contributed by atoms with van der Waals surface area (Å²) < 4.78 is 5.19. The van der Waals surface area contributed by atoms with Gasteiger partial charge in [-0.2, -0.15) is 0 Å². The number of anilines is 2. The number of hydrogen-bond donors (Lipinski definition) is 1. The van der Waals surface area contributed by atoms with E-state index < -0.39 is 78.3 Å². The molecule has 0 unspecified atom stereocenters. The number of halogens is 2. The zero-order valence-corrected chi connectivity index (χ0v) is 28.0. The first kappa shape index (κ1) is 33.9. The minimum atomic E-state index is -2.03. The van der Waals surface area contributed by atoms with E-state index in [4.69, 9.17) is 27.9 Å². The highest BCUT2D eigenvalue weighted by atomic mass is 35.5. The molecule has 15 nitrogen and oxygen atoms in total. The highest BCUT2D eigenvalue weighted by Gasteiger charge is 2.75. The minimum absolute atomic E-state index is 0.00907. The molecule has 2 heterocycles. The van der Waals surface area contributed by atoms with Crippen LogP contribution in [0.25, 0.3) is 6.08 Å². The van der Waals surface area contributed by atoms with Crippen LogP contribution in [0.2, 0.25) is 0 Å². The molecule has 6 rings (SSSR count). The first-order valence-electron chi connectivity index (χ1n) is 15.0. The Kier molecular flexibility index (Phi) is 7.98. The molecular weight excluding hydrogens is 685 g/mol. The van der Waals surface area contributed by atoms with Gasteiger partial charge in [0.05, 0.1) is 34.5 Å². The molecule has 3 fully saturated rings. The molecule has 0 aromatic heterocycles. The minimum Gasteiger partial charge on any atom is -0.504 e. The predicted octanol–water partition coefficient (Wildman–Crippen LogP) is 4.02. The normalized spacial score (nSPS) is 29.1. The Morgan fingerprint density at radius 1 is 1.00 bits per heavy atom. The Bertz CT molecular complexity index is 1910. The third-order valence-corrected chi connectivity index (χ3v) is 11.3. The molecule has 6 atom stereocenters. The summed E-state index contributed by atoms with van der Waals surface area (Å²) in [6.45, 7) is 0. The lowest BCUT2D eigenvalue weighted by atomic mass is 9.57. The molecular formula is C32H29Cl2N5O10. The Balaban J connectivity index is 1.47. The molecule has 1 N–H and O–H groups in total. The summed E-state index contributed by atoms with van der Waals surface area (Å²) in [5.41, 5.74) is -0.983. The molecule has 2 aliphatic carbocycles. The molecule has 1 saturated carbocycles. The highest BCUT2D eigenvalue weighted by Crippen LogP contribution is 2.63. The van der Waals surface area contributed by atoms with Crippen molar-refractivity contribution in [1.29, 1.82) is 0 Å². The van der Waals surface area contributed by atoms with Crippen LogP contribution < -0.4 is 14.5 Å². The van der Waals surface area contributed by atoms with Gasteiger partial charge in [0.15, 0.2) is 26.9 Å². The van der Waals surface area contributed by atoms with Crippen LogP contribution in [0.4, 0.5) is 22.7 Å². The number of phenols is 1. The number of fused-ring (bicyclic) bond motifs is 4. The summed E-state index contributed by atoms with van der Waals surface area (Å²) in [5.74, 6) is -7.03. The van der Waals surface area contributed by atoms with E-state index in [-0.39, 0.29) is 35.7 Å². The number of phenolic OH excluding ortho intramolecular Hbond substituents is 1. The van der Waals surface area contributed by atoms with Crippen molar-refractivity contribution >= 4 is 75.7 Å². The van der Waals surface area contributed by atoms with E-state index in [1.54, 1.807) is 24.3 Å². The van der Waals surface area contributed by atoms with E-state index >= 15 is 0 Å². The number of rotatable bonds is 7. The van der Waals surface area contributed by atoms with Gasteiger partial charge in [-0.1, -0.05) is 29.9 Å². The van der Waals surface area contributed by atoms with Crippen molar-refractivity contribution in [3.63, 3.8) is 0 Å². The van der Waals surface area contributed by atoms with Gasteiger partial charge in [-0.3, -0.25) is 44.3 Å². The van der Waals surface area contributed by atoms with Crippen LogP contribution in [0.1, 0.15) is 18.4 Å². The number of likely N-dealkylation sites (tertiary alicyclic amines) is 1. The van der Waals surface area contributed by atoms with Crippen molar-refractivity contribution in [3.8, 4) is 11.5 Å². The van der Waals surface area contributed by atoms with Crippen molar-refractivity contribution in [2.75, 3.05) is 38.1 Å². The van der Waals surface area contributed by atoms with Gasteiger partial charge >= 0.3 is 11.4 Å². The maximum Gasteiger partial charge on any atom is 0.301 e. The number of hydrogen-bond acceptors (Lipinski definition) is 11. The van der Waals surface area contributed by atoms with E-state index in [9.17, 15) is 44.5 Å². The maximum absolute atomic E-state index is 14.3. The van der Waals surface area contributed by atoms with E-state index in [0.717, 1.165) is 21.9 Å². The Hall–Kier alpha value is -5.02. The summed E-state index contributed by atoms with van der Waals surface area (Å²) in [7, 11) is 5.41. The van der Waals surface area contributed by atoms with Crippen LogP contribution in [0.5, 0.6) is 11.5 Å². The number of amides is 4. The summed E-state index contributed by atoms with van der Waals surface area (Å²) in [6.07, 6.45) is 4.62. The standard InChI is InChI=1S/C32H29Cl2N5O10/c1-35(2)26-21(38(45)46)12-16(13-22(26)39(47)48)37-27(41)18-8-7-17-19(25(18)28(37)42)14-31(33)29(43)36(3)30(44)32(31,34)20(17)9-5-15-6-10-23(40)24(11-15)49-4/h5-7,9-13,18-20,25,40H,8,14H2,1-4H3/t18-,19+,20-,25-,31+,32-/m0/s1. The number of imide groups is 2. The number of alkyl halides is 2. The van der Waals surface area contributed by atoms with Crippen LogP contribution in [0.15, 0.2) is 48.1 Å². The molecule has 4 amide bonds. The Labute approximate surface area is 288 Å². The topological polar surface area (TPSA) is 194 Å². The molecule has 4 aliphatic rings. The van der Waals surface area contributed by atoms with Crippen molar-refractivity contribution in [2.24, 2.45) is 23.7 Å². The van der Waals surface area contributed by atoms with Crippen molar-refractivity contribution in [1.82, 2.24) is 4.90 Å². The summed E-state index contributed by atoms with van der Waals surface area (Å²) in [5, 5.41) is 34.1. The third-order valence-electron chi connectivity index (χ3n) is 9.91. The first-order chi connectivity index (χ1) is 23.0. The van der Waals surface area contributed by atoms with Crippen LogP contribution in [-0.4, -0.2) is 81.5 Å². The predicted molar refractivity (Wildman–Crippen MR) is 176 cm³/mol. The van der Waals surface area contributed by atoms with Gasteiger partial charge in [0.25, 0.3) is 11.8 Å². The van der Waals surface area contributed by atoms with Gasteiger partial charge in [-0.15, -0.1) is 23.2 Å². The van der Waals surface area contributed by atoms with Gasteiger partial charge in [0, 0.05) is 39.2 Å². The second-order valence-electron chi connectivity index (χ2n) is 12.6. The second kappa shape index (κ2) is 11.6. The number of allylic oxidation sites excluding steroid dienone is 3. The lowest BCUT2D eigenvalue weighted by Gasteiger charge is -2.49. The first-order valence-corrected chi connectivity index (χ1v) is 15.7. The monoisotopic (exact) mass is 713 g/mol. The van der Waals surface area contributed by atoms with Crippen molar-refractivity contribution in [3.05, 3.63) is 73.8 Å². The number of carbonyl (C=O) groups excluding carboxylic acids is 4. The fourth-order valence-electron chi connectivity index (χ4n) is 7.71. The molecule has 2 aliphatic heterocycles. The van der Waals surface area contributed by atoms with Crippen LogP contribution in [-0.2, 0) is 19.2 Å². The van der Waals surface area contributed by atoms with Gasteiger partial charge in [-0.25, -0.2) is 4.90 Å². The van der Waals surface area contributed by atoms with Gasteiger partial charge in [0.2, 0.25) is 11.8 Å². The fourth-order valence-corrected chi connectivity index (χ4v) is 8.68.